The van der Waals surface area contributed by atoms with Gasteiger partial charge in [0.1, 0.15) is 0 Å². The van der Waals surface area contributed by atoms with Crippen LogP contribution in [-0.2, 0) is 5.88 Å². The number of nitro groups is 1. The molecule has 7 heteroatoms. The predicted octanol–water partition coefficient (Wildman–Crippen LogP) is 2.91. The van der Waals surface area contributed by atoms with E-state index in [4.69, 9.17) is 11.6 Å². The highest BCUT2D eigenvalue weighted by Gasteiger charge is 2.16. The van der Waals surface area contributed by atoms with Gasteiger partial charge in [0, 0.05) is 17.6 Å². The Morgan fingerprint density at radius 3 is 2.68 bits per heavy atom. The largest absolute Gasteiger partial charge is 0.358 e. The molecule has 0 saturated carbocycles. The molecule has 1 heterocycles. The highest BCUT2D eigenvalue weighted by molar-refractivity contribution is 6.17. The van der Waals surface area contributed by atoms with Gasteiger partial charge in [0.05, 0.1) is 0 Å². The molecule has 0 bridgehead atoms. The second kappa shape index (κ2) is 5.53. The number of halogens is 1. The Labute approximate surface area is 113 Å². The Kier molecular flexibility index (Phi) is 3.82. The smallest absolute Gasteiger partial charge is 0.321 e. The number of aromatic nitrogens is 1. The van der Waals surface area contributed by atoms with Gasteiger partial charge in [0.25, 0.3) is 5.91 Å². The highest BCUT2D eigenvalue weighted by atomic mass is 35.5. The van der Waals surface area contributed by atoms with Crippen molar-refractivity contribution >= 4 is 29.0 Å². The van der Waals surface area contributed by atoms with Crippen molar-refractivity contribution in [2.75, 3.05) is 5.32 Å². The van der Waals surface area contributed by atoms with Crippen molar-refractivity contribution in [3.63, 3.8) is 0 Å². The lowest BCUT2D eigenvalue weighted by molar-refractivity contribution is -0.389. The molecule has 0 fully saturated rings. The van der Waals surface area contributed by atoms with E-state index in [1.165, 1.54) is 12.1 Å². The Morgan fingerprint density at radius 1 is 1.32 bits per heavy atom. The number of nitrogens with zero attached hydrogens (tertiary/aromatic N) is 1. The third-order valence-electron chi connectivity index (χ3n) is 2.52. The van der Waals surface area contributed by atoms with Gasteiger partial charge in [-0.3, -0.25) is 4.79 Å². The van der Waals surface area contributed by atoms with Crippen molar-refractivity contribution in [1.29, 1.82) is 0 Å². The first-order chi connectivity index (χ1) is 9.11. The quantitative estimate of drug-likeness (QED) is 0.512. The van der Waals surface area contributed by atoms with Crippen LogP contribution in [-0.4, -0.2) is 15.8 Å². The lowest BCUT2D eigenvalue weighted by atomic mass is 10.2. The number of aromatic amines is 1. The first-order valence-corrected chi connectivity index (χ1v) is 5.94. The van der Waals surface area contributed by atoms with Gasteiger partial charge < -0.3 is 15.4 Å². The fourth-order valence-corrected chi connectivity index (χ4v) is 1.80. The van der Waals surface area contributed by atoms with E-state index in [0.717, 1.165) is 5.56 Å². The van der Waals surface area contributed by atoms with Gasteiger partial charge in [-0.25, -0.2) is 4.98 Å². The standard InChI is InChI=1S/C12H10ClN3O3/c13-7-8-3-1-2-4-9(8)15-12(17)10-5-6-11(14-10)16(18)19/h1-6,14H,7H2,(H,15,17). The zero-order valence-electron chi connectivity index (χ0n) is 9.72. The summed E-state index contributed by atoms with van der Waals surface area (Å²) in [6.45, 7) is 0. The van der Waals surface area contributed by atoms with Crippen LogP contribution in [0, 0.1) is 10.1 Å². The number of alkyl halides is 1. The zero-order valence-corrected chi connectivity index (χ0v) is 10.5. The number of rotatable bonds is 4. The summed E-state index contributed by atoms with van der Waals surface area (Å²) >= 11 is 5.76. The van der Waals surface area contributed by atoms with Crippen molar-refractivity contribution in [2.45, 2.75) is 5.88 Å². The minimum atomic E-state index is -0.594. The Morgan fingerprint density at radius 2 is 2.05 bits per heavy atom. The van der Waals surface area contributed by atoms with Gasteiger partial charge >= 0.3 is 5.82 Å². The van der Waals surface area contributed by atoms with Crippen LogP contribution >= 0.6 is 11.6 Å². The minimum Gasteiger partial charge on any atom is -0.358 e. The number of H-pyrrole nitrogens is 1. The third-order valence-corrected chi connectivity index (χ3v) is 2.81. The van der Waals surface area contributed by atoms with Gasteiger partial charge in [0.15, 0.2) is 5.69 Å². The summed E-state index contributed by atoms with van der Waals surface area (Å²) in [6.07, 6.45) is 0. The molecule has 19 heavy (non-hydrogen) atoms. The summed E-state index contributed by atoms with van der Waals surface area (Å²) in [5, 5.41) is 13.2. The number of carbonyl (C=O) groups excluding carboxylic acids is 1. The van der Waals surface area contributed by atoms with Gasteiger partial charge in [-0.15, -0.1) is 11.6 Å². The van der Waals surface area contributed by atoms with E-state index in [9.17, 15) is 14.9 Å². The van der Waals surface area contributed by atoms with Crippen LogP contribution < -0.4 is 5.32 Å². The lowest BCUT2D eigenvalue weighted by Crippen LogP contribution is -2.13. The van der Waals surface area contributed by atoms with Gasteiger partial charge in [-0.2, -0.15) is 0 Å². The molecule has 6 nitrogen and oxygen atoms in total. The van der Waals surface area contributed by atoms with E-state index in [2.05, 4.69) is 10.3 Å². The Bertz CT molecular complexity index is 624. The number of para-hydroxylation sites is 1. The number of benzene rings is 1. The van der Waals surface area contributed by atoms with Crippen LogP contribution in [0.4, 0.5) is 11.5 Å². The van der Waals surface area contributed by atoms with Crippen LogP contribution in [0.3, 0.4) is 0 Å². The molecule has 1 aromatic carbocycles. The second-order valence-corrected chi connectivity index (χ2v) is 4.03. The van der Waals surface area contributed by atoms with Crippen LogP contribution in [0.15, 0.2) is 36.4 Å². The normalized spacial score (nSPS) is 10.2. The maximum atomic E-state index is 11.9. The molecule has 0 atom stereocenters. The average molecular weight is 280 g/mol. The molecule has 0 unspecified atom stereocenters. The molecule has 0 saturated heterocycles. The molecule has 0 spiro atoms. The van der Waals surface area contributed by atoms with E-state index in [1.54, 1.807) is 18.2 Å². The number of hydrogen-bond donors (Lipinski definition) is 2. The fraction of sp³-hybridized carbons (Fsp3) is 0.0833. The van der Waals surface area contributed by atoms with Gasteiger partial charge in [-0.1, -0.05) is 18.2 Å². The minimum absolute atomic E-state index is 0.121. The molecule has 0 aliphatic heterocycles. The number of amides is 1. The topological polar surface area (TPSA) is 88.0 Å². The van der Waals surface area contributed by atoms with Crippen LogP contribution in [0.25, 0.3) is 0 Å². The fourth-order valence-electron chi connectivity index (χ4n) is 1.57. The molecule has 2 aromatic rings. The lowest BCUT2D eigenvalue weighted by Gasteiger charge is -2.06. The van der Waals surface area contributed by atoms with E-state index < -0.39 is 10.8 Å². The van der Waals surface area contributed by atoms with Crippen LogP contribution in [0.2, 0.25) is 0 Å². The van der Waals surface area contributed by atoms with Crippen molar-refractivity contribution < 1.29 is 9.72 Å². The van der Waals surface area contributed by atoms with E-state index in [-0.39, 0.29) is 17.4 Å². The number of carbonyl (C=O) groups is 1. The molecule has 0 aliphatic rings. The molecule has 98 valence electrons. The predicted molar refractivity (Wildman–Crippen MR) is 71.4 cm³/mol. The maximum Gasteiger partial charge on any atom is 0.321 e. The number of nitrogens with one attached hydrogen (secondary N) is 2. The van der Waals surface area contributed by atoms with Crippen molar-refractivity contribution in [2.24, 2.45) is 0 Å². The summed E-state index contributed by atoms with van der Waals surface area (Å²) in [7, 11) is 0. The van der Waals surface area contributed by atoms with E-state index >= 15 is 0 Å². The molecular weight excluding hydrogens is 270 g/mol. The summed E-state index contributed by atoms with van der Waals surface area (Å²) in [5.41, 5.74) is 1.48. The zero-order chi connectivity index (χ0) is 13.8. The van der Waals surface area contributed by atoms with Crippen molar-refractivity contribution in [3.8, 4) is 0 Å². The van der Waals surface area contributed by atoms with Crippen molar-refractivity contribution in [1.82, 2.24) is 4.98 Å². The summed E-state index contributed by atoms with van der Waals surface area (Å²) in [4.78, 5) is 24.3. The molecule has 2 rings (SSSR count). The summed E-state index contributed by atoms with van der Waals surface area (Å²) < 4.78 is 0. The molecule has 1 amide bonds. The van der Waals surface area contributed by atoms with Crippen molar-refractivity contribution in [3.05, 3.63) is 57.8 Å². The molecule has 1 aromatic heterocycles. The average Bonchev–Trinajstić information content (AvgIpc) is 2.89. The van der Waals surface area contributed by atoms with E-state index in [0.29, 0.717) is 5.69 Å². The second-order valence-electron chi connectivity index (χ2n) is 3.76. The van der Waals surface area contributed by atoms with Crippen LogP contribution in [0.1, 0.15) is 16.1 Å². The third kappa shape index (κ3) is 2.92. The molecule has 0 radical (unpaired) electrons. The maximum absolute atomic E-state index is 11.9. The first-order valence-electron chi connectivity index (χ1n) is 5.40. The van der Waals surface area contributed by atoms with Gasteiger partial charge in [-0.05, 0) is 22.6 Å². The van der Waals surface area contributed by atoms with Gasteiger partial charge in [0.2, 0.25) is 0 Å². The van der Waals surface area contributed by atoms with E-state index in [1.807, 2.05) is 6.07 Å². The Balaban J connectivity index is 2.18. The molecular formula is C12H10ClN3O3. The Hall–Kier alpha value is -2.34. The number of anilines is 1. The molecule has 0 aliphatic carbocycles. The highest BCUT2D eigenvalue weighted by Crippen LogP contribution is 2.18. The van der Waals surface area contributed by atoms with Crippen LogP contribution in [0.5, 0.6) is 0 Å². The monoisotopic (exact) mass is 279 g/mol. The summed E-state index contributed by atoms with van der Waals surface area (Å²) in [6, 6.07) is 9.68. The summed E-state index contributed by atoms with van der Waals surface area (Å²) in [5.74, 6) is -0.414. The SMILES string of the molecule is O=C(Nc1ccccc1CCl)c1ccc([N+](=O)[O-])[nH]1. The number of hydrogen-bond acceptors (Lipinski definition) is 3. The first kappa shape index (κ1) is 13.1. The molecule has 2 N–H and O–H groups in total.